The smallest absolute Gasteiger partial charge is 0.216 e. The summed E-state index contributed by atoms with van der Waals surface area (Å²) in [6.07, 6.45) is 5.07. The molecule has 0 aliphatic carbocycles. The van der Waals surface area contributed by atoms with E-state index >= 15 is 0 Å². The van der Waals surface area contributed by atoms with Crippen LogP contribution in [0.15, 0.2) is 4.99 Å². The van der Waals surface area contributed by atoms with Gasteiger partial charge < -0.3 is 19.9 Å². The number of hydrogen-bond acceptors (Lipinski definition) is 5. The number of unbranched alkanes of at least 4 members (excludes halogenated alkanes) is 1. The summed E-state index contributed by atoms with van der Waals surface area (Å²) in [6, 6.07) is 0. The van der Waals surface area contributed by atoms with Crippen LogP contribution in [0.4, 0.5) is 0 Å². The molecule has 0 spiro atoms. The molecule has 0 aromatic heterocycles. The first kappa shape index (κ1) is 23.4. The van der Waals surface area contributed by atoms with Gasteiger partial charge in [0, 0.05) is 39.8 Å². The van der Waals surface area contributed by atoms with Crippen LogP contribution in [0, 0.1) is 0 Å². The lowest BCUT2D eigenvalue weighted by atomic mass is 10.3. The van der Waals surface area contributed by atoms with E-state index in [4.69, 9.17) is 4.74 Å². The predicted molar refractivity (Wildman–Crippen MR) is 114 cm³/mol. The van der Waals surface area contributed by atoms with E-state index in [9.17, 15) is 8.42 Å². The molecule has 0 bridgehead atoms. The molecule has 0 atom stereocenters. The predicted octanol–water partition coefficient (Wildman–Crippen LogP) is 0.810. The van der Waals surface area contributed by atoms with Crippen molar-refractivity contribution in [1.29, 1.82) is 0 Å². The molecule has 28 heavy (non-hydrogen) atoms. The average molecular weight is 418 g/mol. The summed E-state index contributed by atoms with van der Waals surface area (Å²) < 4.78 is 31.9. The van der Waals surface area contributed by atoms with Crippen LogP contribution in [0.1, 0.15) is 39.5 Å². The number of hydrogen-bond donors (Lipinski definition) is 1. The third-order valence-electron chi connectivity index (χ3n) is 5.32. The number of piperazine rings is 1. The monoisotopic (exact) mass is 417 g/mol. The maximum Gasteiger partial charge on any atom is 0.216 e. The molecule has 0 aromatic carbocycles. The van der Waals surface area contributed by atoms with Crippen molar-refractivity contribution in [2.75, 3.05) is 71.8 Å². The van der Waals surface area contributed by atoms with Crippen molar-refractivity contribution in [1.82, 2.24) is 19.4 Å². The maximum absolute atomic E-state index is 12.4. The van der Waals surface area contributed by atoms with Crippen molar-refractivity contribution >= 4 is 16.0 Å². The van der Waals surface area contributed by atoms with Gasteiger partial charge in [0.05, 0.1) is 18.5 Å². The van der Waals surface area contributed by atoms with E-state index in [0.717, 1.165) is 18.9 Å². The van der Waals surface area contributed by atoms with Crippen molar-refractivity contribution in [3.63, 3.8) is 0 Å². The molecule has 0 radical (unpaired) electrons. The largest absolute Gasteiger partial charge is 0.378 e. The van der Waals surface area contributed by atoms with Gasteiger partial charge in [-0.1, -0.05) is 0 Å². The van der Waals surface area contributed by atoms with Crippen LogP contribution in [0.25, 0.3) is 0 Å². The first-order valence-corrected chi connectivity index (χ1v) is 12.3. The standard InChI is InChI=1S/C19H39N5O3S/c1-18(2)27-16-17-28(25,26)24-14-12-23(13-15-24)19(20-3)21-8-4-5-9-22-10-6-7-11-22/h18H,4-17H2,1-3H3,(H,20,21). The zero-order valence-corrected chi connectivity index (χ0v) is 18.7. The molecule has 0 unspecified atom stereocenters. The Morgan fingerprint density at radius 2 is 1.75 bits per heavy atom. The zero-order valence-electron chi connectivity index (χ0n) is 17.9. The summed E-state index contributed by atoms with van der Waals surface area (Å²) in [5, 5.41) is 3.43. The van der Waals surface area contributed by atoms with Crippen molar-refractivity contribution in [2.45, 2.75) is 45.6 Å². The molecule has 8 nitrogen and oxygen atoms in total. The molecule has 0 saturated carbocycles. The number of ether oxygens (including phenoxy) is 1. The van der Waals surface area contributed by atoms with Gasteiger partial charge in [-0.15, -0.1) is 0 Å². The summed E-state index contributed by atoms with van der Waals surface area (Å²) in [5.41, 5.74) is 0. The molecule has 0 amide bonds. The van der Waals surface area contributed by atoms with E-state index in [0.29, 0.717) is 26.2 Å². The average Bonchev–Trinajstić information content (AvgIpc) is 3.18. The summed E-state index contributed by atoms with van der Waals surface area (Å²) >= 11 is 0. The Kier molecular flexibility index (Phi) is 9.98. The van der Waals surface area contributed by atoms with E-state index in [2.05, 4.69) is 20.1 Å². The Morgan fingerprint density at radius 3 is 2.36 bits per heavy atom. The fourth-order valence-electron chi connectivity index (χ4n) is 3.70. The fourth-order valence-corrected chi connectivity index (χ4v) is 4.98. The Hall–Kier alpha value is -0.900. The van der Waals surface area contributed by atoms with E-state index in [-0.39, 0.29) is 18.5 Å². The molecule has 0 aromatic rings. The second kappa shape index (κ2) is 11.9. The van der Waals surface area contributed by atoms with Gasteiger partial charge in [-0.2, -0.15) is 4.31 Å². The lowest BCUT2D eigenvalue weighted by Gasteiger charge is -2.35. The van der Waals surface area contributed by atoms with Crippen molar-refractivity contribution in [3.8, 4) is 0 Å². The number of rotatable bonds is 10. The number of nitrogens with zero attached hydrogens (tertiary/aromatic N) is 4. The van der Waals surface area contributed by atoms with Crippen molar-refractivity contribution in [3.05, 3.63) is 0 Å². The minimum Gasteiger partial charge on any atom is -0.378 e. The van der Waals surface area contributed by atoms with Crippen LogP contribution in [-0.4, -0.2) is 106 Å². The minimum atomic E-state index is -3.25. The number of likely N-dealkylation sites (tertiary alicyclic amines) is 1. The third-order valence-corrected chi connectivity index (χ3v) is 7.15. The highest BCUT2D eigenvalue weighted by Crippen LogP contribution is 2.10. The number of aliphatic imine (C=N–C) groups is 1. The first-order valence-electron chi connectivity index (χ1n) is 10.7. The first-order chi connectivity index (χ1) is 13.4. The lowest BCUT2D eigenvalue weighted by molar-refractivity contribution is 0.0904. The van der Waals surface area contributed by atoms with E-state index in [1.807, 2.05) is 13.8 Å². The second-order valence-corrected chi connectivity index (χ2v) is 9.94. The minimum absolute atomic E-state index is 0.0508. The van der Waals surface area contributed by atoms with Crippen LogP contribution in [0.3, 0.4) is 0 Å². The van der Waals surface area contributed by atoms with Crippen molar-refractivity contribution in [2.24, 2.45) is 4.99 Å². The van der Waals surface area contributed by atoms with Gasteiger partial charge in [-0.3, -0.25) is 4.99 Å². The van der Waals surface area contributed by atoms with E-state index < -0.39 is 10.0 Å². The summed E-state index contributed by atoms with van der Waals surface area (Å²) in [4.78, 5) is 9.07. The van der Waals surface area contributed by atoms with Crippen molar-refractivity contribution < 1.29 is 13.2 Å². The molecule has 2 aliphatic heterocycles. The van der Waals surface area contributed by atoms with Gasteiger partial charge in [0.15, 0.2) is 5.96 Å². The summed E-state index contributed by atoms with van der Waals surface area (Å²) in [7, 11) is -1.46. The van der Waals surface area contributed by atoms with Gasteiger partial charge in [0.1, 0.15) is 0 Å². The summed E-state index contributed by atoms with van der Waals surface area (Å²) in [5.74, 6) is 0.927. The quantitative estimate of drug-likeness (QED) is 0.322. The lowest BCUT2D eigenvalue weighted by Crippen LogP contribution is -2.54. The van der Waals surface area contributed by atoms with Gasteiger partial charge in [0.25, 0.3) is 0 Å². The van der Waals surface area contributed by atoms with E-state index in [1.54, 1.807) is 11.4 Å². The molecule has 2 fully saturated rings. The topological polar surface area (TPSA) is 77.5 Å². The number of guanidine groups is 1. The molecule has 1 N–H and O–H groups in total. The van der Waals surface area contributed by atoms with Gasteiger partial charge >= 0.3 is 0 Å². The molecule has 9 heteroatoms. The number of nitrogens with one attached hydrogen (secondary N) is 1. The third kappa shape index (κ3) is 7.85. The van der Waals surface area contributed by atoms with Crippen LogP contribution >= 0.6 is 0 Å². The zero-order chi connectivity index (χ0) is 20.4. The molecule has 2 saturated heterocycles. The maximum atomic E-state index is 12.4. The van der Waals surface area contributed by atoms with Gasteiger partial charge in [0.2, 0.25) is 10.0 Å². The normalized spacial score (nSPS) is 20.3. The van der Waals surface area contributed by atoms with Crippen LogP contribution < -0.4 is 5.32 Å². The highest BCUT2D eigenvalue weighted by molar-refractivity contribution is 7.89. The SMILES string of the molecule is CN=C(NCCCCN1CCCC1)N1CCN(S(=O)(=O)CCOC(C)C)CC1. The van der Waals surface area contributed by atoms with Gasteiger partial charge in [-0.05, 0) is 59.2 Å². The highest BCUT2D eigenvalue weighted by atomic mass is 32.2. The summed E-state index contributed by atoms with van der Waals surface area (Å²) in [6.45, 7) is 11.0. The molecule has 2 aliphatic rings. The highest BCUT2D eigenvalue weighted by Gasteiger charge is 2.27. The van der Waals surface area contributed by atoms with Crippen LogP contribution in [0.5, 0.6) is 0 Å². The Morgan fingerprint density at radius 1 is 1.07 bits per heavy atom. The van der Waals surface area contributed by atoms with E-state index in [1.165, 1.54) is 38.9 Å². The van der Waals surface area contributed by atoms with Crippen LogP contribution in [0.2, 0.25) is 0 Å². The Balaban J connectivity index is 1.65. The Labute approximate surface area is 171 Å². The molecule has 2 rings (SSSR count). The second-order valence-electron chi connectivity index (χ2n) is 7.85. The van der Waals surface area contributed by atoms with Gasteiger partial charge in [-0.25, -0.2) is 8.42 Å². The molecule has 164 valence electrons. The molecule has 2 heterocycles. The fraction of sp³-hybridized carbons (Fsp3) is 0.947. The molecular weight excluding hydrogens is 378 g/mol. The molecular formula is C19H39N5O3S. The Bertz CT molecular complexity index is 568. The number of sulfonamides is 1. The van der Waals surface area contributed by atoms with Crippen LogP contribution in [-0.2, 0) is 14.8 Å².